The van der Waals surface area contributed by atoms with Crippen LogP contribution in [0.2, 0.25) is 0 Å². The molecule has 0 aliphatic carbocycles. The maximum absolute atomic E-state index is 13.5. The van der Waals surface area contributed by atoms with E-state index in [9.17, 15) is 13.6 Å². The number of hydrogen-bond donors (Lipinski definition) is 1. The second kappa shape index (κ2) is 9.05. The van der Waals surface area contributed by atoms with Crippen LogP contribution in [0.1, 0.15) is 23.3 Å². The van der Waals surface area contributed by atoms with Gasteiger partial charge in [-0.3, -0.25) is 4.79 Å². The summed E-state index contributed by atoms with van der Waals surface area (Å²) >= 11 is 1.35. The molecule has 0 aliphatic rings. The number of rotatable bonds is 6. The molecule has 0 radical (unpaired) electrons. The van der Waals surface area contributed by atoms with Crippen molar-refractivity contribution in [2.45, 2.75) is 17.3 Å². The summed E-state index contributed by atoms with van der Waals surface area (Å²) in [5.41, 5.74) is 2.92. The Morgan fingerprint density at radius 3 is 2.16 bits per heavy atom. The smallest absolute Gasteiger partial charge is 0.221 e. The van der Waals surface area contributed by atoms with Crippen LogP contribution in [-0.4, -0.2) is 26.1 Å². The Kier molecular flexibility index (Phi) is 6.03. The Morgan fingerprint density at radius 2 is 1.58 bits per heavy atom. The molecule has 0 aliphatic heterocycles. The monoisotopic (exact) mass is 437 g/mol. The molecule has 0 bridgehead atoms. The first-order valence-electron chi connectivity index (χ1n) is 9.33. The van der Waals surface area contributed by atoms with E-state index in [1.807, 2.05) is 6.07 Å². The van der Waals surface area contributed by atoms with Crippen LogP contribution in [0, 0.1) is 11.6 Å². The van der Waals surface area contributed by atoms with Crippen molar-refractivity contribution in [2.24, 2.45) is 0 Å². The Labute approximate surface area is 181 Å². The molecule has 0 saturated carbocycles. The van der Waals surface area contributed by atoms with Crippen LogP contribution in [0.5, 0.6) is 0 Å². The fourth-order valence-electron chi connectivity index (χ4n) is 3.04. The average molecular weight is 437 g/mol. The van der Waals surface area contributed by atoms with Crippen molar-refractivity contribution in [1.29, 1.82) is 0 Å². The fourth-order valence-corrected chi connectivity index (χ4v) is 4.16. The van der Waals surface area contributed by atoms with E-state index in [0.29, 0.717) is 16.5 Å². The molecule has 31 heavy (non-hydrogen) atoms. The molecule has 1 amide bonds. The minimum atomic E-state index is -0.341. The van der Waals surface area contributed by atoms with Gasteiger partial charge in [0.1, 0.15) is 11.6 Å². The van der Waals surface area contributed by atoms with Crippen molar-refractivity contribution in [1.82, 2.24) is 20.2 Å². The molecule has 0 unspecified atom stereocenters. The summed E-state index contributed by atoms with van der Waals surface area (Å²) in [6.07, 6.45) is 0. The third kappa shape index (κ3) is 4.95. The number of nitrogens with one attached hydrogen (secondary N) is 1. The zero-order chi connectivity index (χ0) is 21.8. The lowest BCUT2D eigenvalue weighted by molar-refractivity contribution is -0.114. The molecule has 4 rings (SSSR count). The topological polar surface area (TPSA) is 72.7 Å². The number of carbonyl (C=O) groups excluding carboxylic acids is 1. The van der Waals surface area contributed by atoms with Gasteiger partial charge in [-0.1, -0.05) is 42.1 Å². The molecule has 4 aromatic rings. The summed E-state index contributed by atoms with van der Waals surface area (Å²) in [4.78, 5) is 11.4. The zero-order valence-electron chi connectivity index (χ0n) is 16.4. The van der Waals surface area contributed by atoms with Gasteiger partial charge in [-0.05, 0) is 64.0 Å². The van der Waals surface area contributed by atoms with Gasteiger partial charge in [0.15, 0.2) is 0 Å². The molecule has 0 saturated heterocycles. The molecule has 1 aromatic heterocycles. The van der Waals surface area contributed by atoms with Gasteiger partial charge in [0.25, 0.3) is 0 Å². The first-order valence-corrected chi connectivity index (χ1v) is 10.2. The van der Waals surface area contributed by atoms with Crippen LogP contribution in [0.25, 0.3) is 5.69 Å². The SMILES string of the molecule is CC(=O)Nc1cccc(-n2nnnc2SC(c2ccc(F)cc2)c2ccc(F)cc2)c1. The summed E-state index contributed by atoms with van der Waals surface area (Å²) in [5.74, 6) is -0.867. The lowest BCUT2D eigenvalue weighted by atomic mass is 10.0. The number of tetrazole rings is 1. The third-order valence-electron chi connectivity index (χ3n) is 4.42. The molecule has 1 heterocycles. The van der Waals surface area contributed by atoms with E-state index < -0.39 is 0 Å². The number of aromatic nitrogens is 4. The van der Waals surface area contributed by atoms with Crippen molar-refractivity contribution >= 4 is 23.4 Å². The van der Waals surface area contributed by atoms with Crippen LogP contribution in [0.4, 0.5) is 14.5 Å². The molecular weight excluding hydrogens is 420 g/mol. The molecule has 156 valence electrons. The number of hydrogen-bond acceptors (Lipinski definition) is 5. The largest absolute Gasteiger partial charge is 0.326 e. The maximum atomic E-state index is 13.5. The van der Waals surface area contributed by atoms with Gasteiger partial charge in [0, 0.05) is 12.6 Å². The minimum Gasteiger partial charge on any atom is -0.326 e. The van der Waals surface area contributed by atoms with E-state index in [1.54, 1.807) is 47.1 Å². The second-order valence-corrected chi connectivity index (χ2v) is 7.78. The number of halogens is 2. The van der Waals surface area contributed by atoms with Gasteiger partial charge in [0.05, 0.1) is 10.9 Å². The molecule has 1 N–H and O–H groups in total. The predicted octanol–water partition coefficient (Wildman–Crippen LogP) is 4.78. The second-order valence-electron chi connectivity index (χ2n) is 6.71. The van der Waals surface area contributed by atoms with Crippen molar-refractivity contribution < 1.29 is 13.6 Å². The van der Waals surface area contributed by atoms with Gasteiger partial charge in [-0.25, -0.2) is 8.78 Å². The van der Waals surface area contributed by atoms with Gasteiger partial charge < -0.3 is 5.32 Å². The van der Waals surface area contributed by atoms with E-state index in [2.05, 4.69) is 20.8 Å². The predicted molar refractivity (Wildman–Crippen MR) is 114 cm³/mol. The number of amides is 1. The lowest BCUT2D eigenvalue weighted by Crippen LogP contribution is -2.07. The Bertz CT molecular complexity index is 1150. The number of carbonyl (C=O) groups is 1. The quantitative estimate of drug-likeness (QED) is 0.440. The van der Waals surface area contributed by atoms with E-state index >= 15 is 0 Å². The first-order chi connectivity index (χ1) is 15.0. The highest BCUT2D eigenvalue weighted by molar-refractivity contribution is 7.99. The molecule has 0 fully saturated rings. The summed E-state index contributed by atoms with van der Waals surface area (Å²) in [6, 6.07) is 19.4. The average Bonchev–Trinajstić information content (AvgIpc) is 3.22. The van der Waals surface area contributed by atoms with Crippen LogP contribution in [0.3, 0.4) is 0 Å². The number of benzene rings is 3. The summed E-state index contributed by atoms with van der Waals surface area (Å²) in [5, 5.41) is 14.9. The highest BCUT2D eigenvalue weighted by atomic mass is 32.2. The summed E-state index contributed by atoms with van der Waals surface area (Å²) in [7, 11) is 0. The molecule has 9 heteroatoms. The number of anilines is 1. The van der Waals surface area contributed by atoms with Crippen molar-refractivity contribution in [3.8, 4) is 5.69 Å². The Morgan fingerprint density at radius 1 is 0.968 bits per heavy atom. The normalized spacial score (nSPS) is 11.0. The Balaban J connectivity index is 1.70. The minimum absolute atomic E-state index is 0.184. The standard InChI is InChI=1S/C22H17F2N5OS/c1-14(30)25-19-3-2-4-20(13-19)29-22(26-27-28-29)31-21(15-5-9-17(23)10-6-15)16-7-11-18(24)12-8-16/h2-13,21H,1H3,(H,25,30). The fraction of sp³-hybridized carbons (Fsp3) is 0.0909. The molecule has 0 spiro atoms. The van der Waals surface area contributed by atoms with E-state index in [0.717, 1.165) is 11.1 Å². The van der Waals surface area contributed by atoms with E-state index in [-0.39, 0.29) is 22.8 Å². The van der Waals surface area contributed by atoms with Crippen LogP contribution < -0.4 is 5.32 Å². The van der Waals surface area contributed by atoms with Gasteiger partial charge in [-0.15, -0.1) is 5.10 Å². The van der Waals surface area contributed by atoms with Crippen molar-refractivity contribution in [3.63, 3.8) is 0 Å². The number of thioether (sulfide) groups is 1. The van der Waals surface area contributed by atoms with Crippen LogP contribution >= 0.6 is 11.8 Å². The first kappa shape index (κ1) is 20.7. The lowest BCUT2D eigenvalue weighted by Gasteiger charge is -2.17. The van der Waals surface area contributed by atoms with Crippen LogP contribution in [0.15, 0.2) is 78.0 Å². The molecule has 6 nitrogen and oxygen atoms in total. The van der Waals surface area contributed by atoms with Crippen molar-refractivity contribution in [2.75, 3.05) is 5.32 Å². The maximum Gasteiger partial charge on any atom is 0.221 e. The third-order valence-corrected chi connectivity index (χ3v) is 5.67. The van der Waals surface area contributed by atoms with Gasteiger partial charge in [-0.2, -0.15) is 4.68 Å². The summed E-state index contributed by atoms with van der Waals surface area (Å²) < 4.78 is 28.5. The number of nitrogens with zero attached hydrogens (tertiary/aromatic N) is 4. The highest BCUT2D eigenvalue weighted by Gasteiger charge is 2.21. The van der Waals surface area contributed by atoms with Crippen molar-refractivity contribution in [3.05, 3.63) is 95.6 Å². The zero-order valence-corrected chi connectivity index (χ0v) is 17.2. The summed E-state index contributed by atoms with van der Waals surface area (Å²) in [6.45, 7) is 1.43. The molecule has 3 aromatic carbocycles. The Hall–Kier alpha value is -3.59. The van der Waals surface area contributed by atoms with E-state index in [4.69, 9.17) is 0 Å². The highest BCUT2D eigenvalue weighted by Crippen LogP contribution is 2.40. The van der Waals surface area contributed by atoms with Crippen LogP contribution in [-0.2, 0) is 4.79 Å². The van der Waals surface area contributed by atoms with E-state index in [1.165, 1.54) is 43.0 Å². The molecule has 0 atom stereocenters. The van der Waals surface area contributed by atoms with Gasteiger partial charge >= 0.3 is 0 Å². The molecular formula is C22H17F2N5OS. The van der Waals surface area contributed by atoms with Gasteiger partial charge in [0.2, 0.25) is 11.1 Å².